The van der Waals surface area contributed by atoms with Crippen molar-refractivity contribution in [3.63, 3.8) is 0 Å². The zero-order chi connectivity index (χ0) is 23.0. The van der Waals surface area contributed by atoms with Crippen molar-refractivity contribution < 1.29 is 29.0 Å². The van der Waals surface area contributed by atoms with Gasteiger partial charge in [-0.25, -0.2) is 9.18 Å². The number of carboxylic acids is 1. The molecule has 1 saturated heterocycles. The zero-order valence-electron chi connectivity index (χ0n) is 16.9. The Hall–Kier alpha value is -4.26. The molecule has 0 unspecified atom stereocenters. The largest absolute Gasteiger partial charge is 0.507 e. The number of rotatable bonds is 4. The number of anilines is 1. The maximum absolute atomic E-state index is 13.6. The van der Waals surface area contributed by atoms with Crippen LogP contribution in [0.4, 0.5) is 10.1 Å². The lowest BCUT2D eigenvalue weighted by Gasteiger charge is -2.25. The molecule has 0 aliphatic carbocycles. The van der Waals surface area contributed by atoms with Crippen LogP contribution in [0.3, 0.4) is 0 Å². The molecule has 1 heterocycles. The summed E-state index contributed by atoms with van der Waals surface area (Å²) in [5, 5.41) is 20.3. The number of carbonyl (C=O) groups is 3. The van der Waals surface area contributed by atoms with Crippen LogP contribution in [-0.4, -0.2) is 27.9 Å². The van der Waals surface area contributed by atoms with Crippen molar-refractivity contribution >= 4 is 29.1 Å². The molecule has 0 radical (unpaired) electrons. The average Bonchev–Trinajstić information content (AvgIpc) is 3.05. The first-order valence-corrected chi connectivity index (χ1v) is 9.75. The standard InChI is InChI=1S/C25H18FNO5/c1-14-5-7-16(8-6-14)22(28)20-21(15-9-11-18(26)12-10-15)27(24(30)23(20)29)19-4-2-3-17(13-19)25(31)32/h2-13,21,28H,1H3,(H,31,32)/t21-/m0/s1. The summed E-state index contributed by atoms with van der Waals surface area (Å²) in [5.41, 5.74) is 1.62. The van der Waals surface area contributed by atoms with Crippen LogP contribution in [-0.2, 0) is 9.59 Å². The number of Topliss-reactive ketones (excluding diaryl/α,β-unsaturated/α-hetero) is 1. The molecule has 1 amide bonds. The van der Waals surface area contributed by atoms with Crippen LogP contribution in [0, 0.1) is 12.7 Å². The molecule has 3 aromatic rings. The highest BCUT2D eigenvalue weighted by molar-refractivity contribution is 6.51. The van der Waals surface area contributed by atoms with Crippen molar-refractivity contribution in [3.8, 4) is 0 Å². The predicted octanol–water partition coefficient (Wildman–Crippen LogP) is 4.46. The third kappa shape index (κ3) is 3.65. The Kier molecular flexibility index (Phi) is 5.32. The normalized spacial score (nSPS) is 17.6. The molecular formula is C25H18FNO5. The second-order valence-corrected chi connectivity index (χ2v) is 7.44. The maximum atomic E-state index is 13.6. The minimum atomic E-state index is -1.19. The smallest absolute Gasteiger partial charge is 0.335 e. The number of carboxylic acid groups (broad SMARTS) is 1. The lowest BCUT2D eigenvalue weighted by atomic mass is 9.95. The van der Waals surface area contributed by atoms with Crippen molar-refractivity contribution in [2.75, 3.05) is 4.90 Å². The van der Waals surface area contributed by atoms with Gasteiger partial charge >= 0.3 is 5.97 Å². The first-order chi connectivity index (χ1) is 15.3. The van der Waals surface area contributed by atoms with E-state index in [4.69, 9.17) is 0 Å². The van der Waals surface area contributed by atoms with Gasteiger partial charge in [-0.3, -0.25) is 14.5 Å². The first kappa shape index (κ1) is 21.0. The average molecular weight is 431 g/mol. The number of ketones is 1. The van der Waals surface area contributed by atoms with E-state index in [-0.39, 0.29) is 22.6 Å². The number of aromatic carboxylic acids is 1. The van der Waals surface area contributed by atoms with Gasteiger partial charge in [0.2, 0.25) is 0 Å². The highest BCUT2D eigenvalue weighted by Crippen LogP contribution is 2.42. The van der Waals surface area contributed by atoms with Gasteiger partial charge in [0.15, 0.2) is 0 Å². The second-order valence-electron chi connectivity index (χ2n) is 7.44. The monoisotopic (exact) mass is 431 g/mol. The van der Waals surface area contributed by atoms with Gasteiger partial charge in [-0.05, 0) is 42.8 Å². The number of aliphatic hydroxyl groups is 1. The molecule has 6 nitrogen and oxygen atoms in total. The number of hydrogen-bond acceptors (Lipinski definition) is 4. The lowest BCUT2D eigenvalue weighted by Crippen LogP contribution is -2.29. The summed E-state index contributed by atoms with van der Waals surface area (Å²) in [6.07, 6.45) is 0. The van der Waals surface area contributed by atoms with E-state index in [0.717, 1.165) is 10.5 Å². The Morgan fingerprint density at radius 3 is 2.19 bits per heavy atom. The SMILES string of the molecule is Cc1ccc(C(O)=C2C(=O)C(=O)N(c3cccc(C(=O)O)c3)[C@H]2c2ccc(F)cc2)cc1. The Labute approximate surface area is 182 Å². The van der Waals surface area contributed by atoms with Crippen LogP contribution in [0.15, 0.2) is 78.4 Å². The molecule has 4 rings (SSSR count). The van der Waals surface area contributed by atoms with Crippen LogP contribution >= 0.6 is 0 Å². The van der Waals surface area contributed by atoms with Crippen LogP contribution in [0.1, 0.15) is 33.1 Å². The van der Waals surface area contributed by atoms with E-state index < -0.39 is 29.5 Å². The third-order valence-electron chi connectivity index (χ3n) is 5.33. The number of hydrogen-bond donors (Lipinski definition) is 2. The summed E-state index contributed by atoms with van der Waals surface area (Å²) >= 11 is 0. The number of carbonyl (C=O) groups excluding carboxylic acids is 2. The quantitative estimate of drug-likeness (QED) is 0.361. The van der Waals surface area contributed by atoms with Crippen LogP contribution < -0.4 is 4.90 Å². The van der Waals surface area contributed by atoms with Gasteiger partial charge in [0.1, 0.15) is 11.6 Å². The van der Waals surface area contributed by atoms with Gasteiger partial charge in [-0.1, -0.05) is 48.0 Å². The van der Waals surface area contributed by atoms with Crippen LogP contribution in [0.2, 0.25) is 0 Å². The summed E-state index contributed by atoms with van der Waals surface area (Å²) in [7, 11) is 0. The highest BCUT2D eigenvalue weighted by atomic mass is 19.1. The minimum absolute atomic E-state index is 0.0687. The number of halogens is 1. The van der Waals surface area contributed by atoms with E-state index in [1.54, 1.807) is 24.3 Å². The molecule has 1 fully saturated rings. The van der Waals surface area contributed by atoms with Gasteiger partial charge in [0.25, 0.3) is 11.7 Å². The van der Waals surface area contributed by atoms with E-state index in [1.807, 2.05) is 6.92 Å². The van der Waals surface area contributed by atoms with Crippen molar-refractivity contribution in [1.29, 1.82) is 0 Å². The van der Waals surface area contributed by atoms with Gasteiger partial charge in [-0.2, -0.15) is 0 Å². The summed E-state index contributed by atoms with van der Waals surface area (Å²) in [5.74, 6) is -3.90. The number of amides is 1. The molecule has 3 aromatic carbocycles. The summed E-state index contributed by atoms with van der Waals surface area (Å²) in [4.78, 5) is 38.6. The molecule has 0 aromatic heterocycles. The fourth-order valence-corrected chi connectivity index (χ4v) is 3.72. The Bertz CT molecular complexity index is 1260. The summed E-state index contributed by atoms with van der Waals surface area (Å²) in [6.45, 7) is 1.87. The Balaban J connectivity index is 1.94. The molecule has 0 bridgehead atoms. The van der Waals surface area contributed by atoms with Crippen molar-refractivity contribution in [3.05, 3.63) is 106 Å². The lowest BCUT2D eigenvalue weighted by molar-refractivity contribution is -0.132. The molecule has 1 aliphatic heterocycles. The van der Waals surface area contributed by atoms with E-state index >= 15 is 0 Å². The van der Waals surface area contributed by atoms with Gasteiger partial charge in [-0.15, -0.1) is 0 Å². The number of benzene rings is 3. The van der Waals surface area contributed by atoms with E-state index in [2.05, 4.69) is 0 Å². The molecule has 0 saturated carbocycles. The second kappa shape index (κ2) is 8.11. The molecule has 160 valence electrons. The molecule has 2 N–H and O–H groups in total. The minimum Gasteiger partial charge on any atom is -0.507 e. The van der Waals surface area contributed by atoms with Crippen molar-refractivity contribution in [2.45, 2.75) is 13.0 Å². The van der Waals surface area contributed by atoms with Crippen LogP contribution in [0.25, 0.3) is 5.76 Å². The fraction of sp³-hybridized carbons (Fsp3) is 0.0800. The number of nitrogens with zero attached hydrogens (tertiary/aromatic N) is 1. The zero-order valence-corrected chi connectivity index (χ0v) is 16.9. The molecular weight excluding hydrogens is 413 g/mol. The van der Waals surface area contributed by atoms with E-state index in [0.29, 0.717) is 11.1 Å². The Morgan fingerprint density at radius 1 is 0.906 bits per heavy atom. The van der Waals surface area contributed by atoms with E-state index in [1.165, 1.54) is 48.5 Å². The maximum Gasteiger partial charge on any atom is 0.335 e. The fourth-order valence-electron chi connectivity index (χ4n) is 3.72. The van der Waals surface area contributed by atoms with Gasteiger partial charge in [0, 0.05) is 11.3 Å². The predicted molar refractivity (Wildman–Crippen MR) is 116 cm³/mol. The highest BCUT2D eigenvalue weighted by Gasteiger charge is 2.47. The molecule has 7 heteroatoms. The van der Waals surface area contributed by atoms with Crippen LogP contribution in [0.5, 0.6) is 0 Å². The molecule has 0 spiro atoms. The summed E-state index contributed by atoms with van der Waals surface area (Å²) < 4.78 is 13.6. The molecule has 1 atom stereocenters. The van der Waals surface area contributed by atoms with E-state index in [9.17, 15) is 29.0 Å². The number of aryl methyl sites for hydroxylation is 1. The third-order valence-corrected chi connectivity index (χ3v) is 5.33. The molecule has 1 aliphatic rings. The number of aliphatic hydroxyl groups excluding tert-OH is 1. The topological polar surface area (TPSA) is 94.9 Å². The van der Waals surface area contributed by atoms with Crippen molar-refractivity contribution in [2.24, 2.45) is 0 Å². The van der Waals surface area contributed by atoms with Gasteiger partial charge in [0.05, 0.1) is 17.2 Å². The molecule has 32 heavy (non-hydrogen) atoms. The van der Waals surface area contributed by atoms with Crippen molar-refractivity contribution in [1.82, 2.24) is 0 Å². The van der Waals surface area contributed by atoms with Gasteiger partial charge < -0.3 is 10.2 Å². The summed E-state index contributed by atoms with van der Waals surface area (Å²) in [6, 6.07) is 16.5. The first-order valence-electron chi connectivity index (χ1n) is 9.75. The Morgan fingerprint density at radius 2 is 1.56 bits per heavy atom.